The van der Waals surface area contributed by atoms with Crippen LogP contribution >= 0.6 is 0 Å². The van der Waals surface area contributed by atoms with Crippen molar-refractivity contribution in [2.24, 2.45) is 10.9 Å². The Kier molecular flexibility index (Phi) is 8.92. The highest BCUT2D eigenvalue weighted by Crippen LogP contribution is 2.25. The van der Waals surface area contributed by atoms with Gasteiger partial charge in [-0.3, -0.25) is 4.99 Å². The molecule has 1 heterocycles. The van der Waals surface area contributed by atoms with Gasteiger partial charge in [0.2, 0.25) is 0 Å². The number of rotatable bonds is 8. The summed E-state index contributed by atoms with van der Waals surface area (Å²) in [6.07, 6.45) is 2.34. The van der Waals surface area contributed by atoms with Crippen LogP contribution in [-0.4, -0.2) is 56.7 Å². The highest BCUT2D eigenvalue weighted by molar-refractivity contribution is 5.79. The first-order valence-electron chi connectivity index (χ1n) is 10.4. The quantitative estimate of drug-likeness (QED) is 0.416. The molecular weight excluding hydrogens is 336 g/mol. The molecular formula is C22H38N4O. The Balaban J connectivity index is 1.69. The van der Waals surface area contributed by atoms with E-state index in [1.165, 1.54) is 38.0 Å². The fraction of sp³-hybridized carbons (Fsp3) is 0.682. The van der Waals surface area contributed by atoms with Crippen molar-refractivity contribution in [1.82, 2.24) is 15.5 Å². The first-order valence-corrected chi connectivity index (χ1v) is 10.4. The Morgan fingerprint density at radius 1 is 1.19 bits per heavy atom. The predicted octanol–water partition coefficient (Wildman–Crippen LogP) is 3.47. The molecule has 0 unspecified atom stereocenters. The molecule has 2 rings (SSSR count). The van der Waals surface area contributed by atoms with E-state index in [-0.39, 0.29) is 0 Å². The topological polar surface area (TPSA) is 48.9 Å². The highest BCUT2D eigenvalue weighted by Gasteiger charge is 2.20. The zero-order chi connectivity index (χ0) is 19.6. The lowest BCUT2D eigenvalue weighted by Gasteiger charge is -2.33. The maximum absolute atomic E-state index is 5.98. The van der Waals surface area contributed by atoms with Gasteiger partial charge in [-0.25, -0.2) is 0 Å². The molecule has 1 aliphatic heterocycles. The summed E-state index contributed by atoms with van der Waals surface area (Å²) in [5, 5.41) is 6.94. The monoisotopic (exact) mass is 374 g/mol. The van der Waals surface area contributed by atoms with E-state index >= 15 is 0 Å². The van der Waals surface area contributed by atoms with Gasteiger partial charge in [-0.05, 0) is 36.3 Å². The lowest BCUT2D eigenvalue weighted by molar-refractivity contribution is 0.186. The fourth-order valence-corrected chi connectivity index (χ4v) is 3.58. The number of aliphatic imine (C=N–C) groups is 1. The molecule has 0 aliphatic carbocycles. The molecule has 5 nitrogen and oxygen atoms in total. The van der Waals surface area contributed by atoms with E-state index in [1.54, 1.807) is 0 Å². The maximum atomic E-state index is 5.98. The molecule has 1 saturated heterocycles. The zero-order valence-corrected chi connectivity index (χ0v) is 17.8. The van der Waals surface area contributed by atoms with Crippen molar-refractivity contribution >= 4 is 5.96 Å². The Morgan fingerprint density at radius 3 is 2.52 bits per heavy atom. The first kappa shape index (κ1) is 21.5. The molecule has 0 spiro atoms. The van der Waals surface area contributed by atoms with Gasteiger partial charge in [0.1, 0.15) is 12.4 Å². The second-order valence-electron chi connectivity index (χ2n) is 8.15. The number of nitrogens with zero attached hydrogens (tertiary/aromatic N) is 2. The number of para-hydroxylation sites is 1. The van der Waals surface area contributed by atoms with Gasteiger partial charge in [-0.2, -0.15) is 0 Å². The number of hydrogen-bond donors (Lipinski definition) is 2. The highest BCUT2D eigenvalue weighted by atomic mass is 16.5. The SMILES string of the molecule is CN=C(NCCOc1ccccc1C(C)C)NC1CCN(CC(C)C)CC1. The van der Waals surface area contributed by atoms with E-state index in [0.717, 1.165) is 24.2 Å². The van der Waals surface area contributed by atoms with Gasteiger partial charge in [0, 0.05) is 32.7 Å². The van der Waals surface area contributed by atoms with E-state index in [4.69, 9.17) is 4.74 Å². The van der Waals surface area contributed by atoms with Crippen LogP contribution in [0.1, 0.15) is 52.0 Å². The third-order valence-electron chi connectivity index (χ3n) is 4.97. The third-order valence-corrected chi connectivity index (χ3v) is 4.97. The minimum atomic E-state index is 0.463. The average Bonchev–Trinajstić information content (AvgIpc) is 2.65. The summed E-state index contributed by atoms with van der Waals surface area (Å²) in [4.78, 5) is 6.93. The molecule has 1 aromatic rings. The fourth-order valence-electron chi connectivity index (χ4n) is 3.58. The second-order valence-corrected chi connectivity index (χ2v) is 8.15. The Morgan fingerprint density at radius 2 is 1.89 bits per heavy atom. The molecule has 5 heteroatoms. The van der Waals surface area contributed by atoms with Gasteiger partial charge in [-0.15, -0.1) is 0 Å². The van der Waals surface area contributed by atoms with Gasteiger partial charge in [0.05, 0.1) is 6.54 Å². The van der Waals surface area contributed by atoms with Gasteiger partial charge >= 0.3 is 0 Å². The molecule has 0 radical (unpaired) electrons. The number of ether oxygens (including phenoxy) is 1. The maximum Gasteiger partial charge on any atom is 0.191 e. The summed E-state index contributed by atoms with van der Waals surface area (Å²) in [6, 6.07) is 8.79. The van der Waals surface area contributed by atoms with Gasteiger partial charge in [0.25, 0.3) is 0 Å². The molecule has 1 aliphatic rings. The molecule has 152 valence electrons. The van der Waals surface area contributed by atoms with E-state index in [9.17, 15) is 0 Å². The molecule has 0 amide bonds. The molecule has 0 aromatic heterocycles. The largest absolute Gasteiger partial charge is 0.491 e. The van der Waals surface area contributed by atoms with Crippen LogP contribution < -0.4 is 15.4 Å². The summed E-state index contributed by atoms with van der Waals surface area (Å²) in [6.45, 7) is 13.9. The number of hydrogen-bond acceptors (Lipinski definition) is 3. The molecule has 2 N–H and O–H groups in total. The van der Waals surface area contributed by atoms with Crippen molar-refractivity contribution in [3.05, 3.63) is 29.8 Å². The first-order chi connectivity index (χ1) is 13.0. The van der Waals surface area contributed by atoms with E-state index in [1.807, 2.05) is 19.2 Å². The molecule has 0 bridgehead atoms. The van der Waals surface area contributed by atoms with Crippen LogP contribution in [-0.2, 0) is 0 Å². The summed E-state index contributed by atoms with van der Waals surface area (Å²) in [5.41, 5.74) is 1.26. The van der Waals surface area contributed by atoms with Crippen LogP contribution in [0.25, 0.3) is 0 Å². The van der Waals surface area contributed by atoms with Crippen molar-refractivity contribution < 1.29 is 4.74 Å². The molecule has 27 heavy (non-hydrogen) atoms. The van der Waals surface area contributed by atoms with Crippen LogP contribution in [0.3, 0.4) is 0 Å². The van der Waals surface area contributed by atoms with Crippen LogP contribution in [0.2, 0.25) is 0 Å². The Hall–Kier alpha value is -1.75. The molecule has 0 saturated carbocycles. The van der Waals surface area contributed by atoms with Crippen molar-refractivity contribution in [2.75, 3.05) is 39.8 Å². The minimum Gasteiger partial charge on any atom is -0.491 e. The number of nitrogens with one attached hydrogen (secondary N) is 2. The van der Waals surface area contributed by atoms with Gasteiger partial charge < -0.3 is 20.3 Å². The Bertz CT molecular complexity index is 577. The molecule has 1 aromatic carbocycles. The molecule has 1 fully saturated rings. The Labute approximate surface area is 165 Å². The van der Waals surface area contributed by atoms with Crippen molar-refractivity contribution in [1.29, 1.82) is 0 Å². The zero-order valence-electron chi connectivity index (χ0n) is 17.8. The summed E-state index contributed by atoms with van der Waals surface area (Å²) < 4.78 is 5.98. The van der Waals surface area contributed by atoms with E-state index < -0.39 is 0 Å². The number of piperidine rings is 1. The van der Waals surface area contributed by atoms with Crippen LogP contribution in [0.5, 0.6) is 5.75 Å². The summed E-state index contributed by atoms with van der Waals surface area (Å²) >= 11 is 0. The third kappa shape index (κ3) is 7.41. The average molecular weight is 375 g/mol. The van der Waals surface area contributed by atoms with Crippen LogP contribution in [0, 0.1) is 5.92 Å². The lowest BCUT2D eigenvalue weighted by atomic mass is 10.0. The number of guanidine groups is 1. The van der Waals surface area contributed by atoms with E-state index in [0.29, 0.717) is 18.6 Å². The lowest BCUT2D eigenvalue weighted by Crippen LogP contribution is -2.49. The van der Waals surface area contributed by atoms with Crippen LogP contribution in [0.4, 0.5) is 0 Å². The van der Waals surface area contributed by atoms with Crippen molar-refractivity contribution in [3.8, 4) is 5.75 Å². The standard InChI is InChI=1S/C22H38N4O/c1-17(2)16-26-13-10-19(11-14-26)25-22(23-5)24-12-15-27-21-9-7-6-8-20(21)18(3)4/h6-9,17-19H,10-16H2,1-5H3,(H2,23,24,25). The predicted molar refractivity (Wildman–Crippen MR) is 115 cm³/mol. The summed E-state index contributed by atoms with van der Waals surface area (Å²) in [7, 11) is 1.83. The van der Waals surface area contributed by atoms with Gasteiger partial charge in [0.15, 0.2) is 5.96 Å². The second kappa shape index (κ2) is 11.2. The minimum absolute atomic E-state index is 0.463. The molecule has 0 atom stereocenters. The van der Waals surface area contributed by atoms with Gasteiger partial charge in [-0.1, -0.05) is 45.9 Å². The van der Waals surface area contributed by atoms with E-state index in [2.05, 4.69) is 60.4 Å². The van der Waals surface area contributed by atoms with Crippen molar-refractivity contribution in [2.45, 2.75) is 52.5 Å². The van der Waals surface area contributed by atoms with Crippen molar-refractivity contribution in [3.63, 3.8) is 0 Å². The number of benzene rings is 1. The normalized spacial score (nSPS) is 16.8. The number of likely N-dealkylation sites (tertiary alicyclic amines) is 1. The van der Waals surface area contributed by atoms with Crippen LogP contribution in [0.15, 0.2) is 29.3 Å². The smallest absolute Gasteiger partial charge is 0.191 e. The summed E-state index contributed by atoms with van der Waals surface area (Å²) in [5.74, 6) is 3.06.